The van der Waals surface area contributed by atoms with E-state index in [0.29, 0.717) is 18.9 Å². The van der Waals surface area contributed by atoms with Crippen molar-refractivity contribution >= 4 is 12.1 Å². The largest absolute Gasteiger partial charge is 0.374 e. The van der Waals surface area contributed by atoms with Gasteiger partial charge in [0, 0.05) is 32.0 Å². The Morgan fingerprint density at radius 2 is 2.05 bits per heavy atom. The number of aliphatic imine (C=N–C) groups is 1. The van der Waals surface area contributed by atoms with Gasteiger partial charge in [-0.2, -0.15) is 5.26 Å². The van der Waals surface area contributed by atoms with Crippen LogP contribution >= 0.6 is 0 Å². The van der Waals surface area contributed by atoms with E-state index < -0.39 is 12.1 Å². The Balaban J connectivity index is 1.80. The normalized spacial score (nSPS) is 29.6. The van der Waals surface area contributed by atoms with Gasteiger partial charge in [-0.1, -0.05) is 39.5 Å². The molecule has 4 unspecified atom stereocenters. The molecule has 2 aliphatic heterocycles. The number of nitrogens with zero attached hydrogens (tertiary/aromatic N) is 2. The third-order valence-corrected chi connectivity index (χ3v) is 9.14. The summed E-state index contributed by atoms with van der Waals surface area (Å²) in [6.07, 6.45) is 15.4. The van der Waals surface area contributed by atoms with Gasteiger partial charge < -0.3 is 26.8 Å². The molecule has 6 atom stereocenters. The maximum atomic E-state index is 13.9. The van der Waals surface area contributed by atoms with Gasteiger partial charge in [0.1, 0.15) is 6.10 Å². The number of hydrogen-bond donors (Lipinski definition) is 4. The highest BCUT2D eigenvalue weighted by atomic mass is 16.5. The molecular formula is C29H50N6O2. The zero-order chi connectivity index (χ0) is 26.8. The number of nitriles is 1. The molecule has 8 nitrogen and oxygen atoms in total. The molecule has 1 saturated heterocycles. The molecular weight excluding hydrogens is 464 g/mol. The Morgan fingerprint density at radius 3 is 2.68 bits per heavy atom. The summed E-state index contributed by atoms with van der Waals surface area (Å²) in [6.45, 7) is 5.08. The number of nitrogens with one attached hydrogen (secondary N) is 2. The van der Waals surface area contributed by atoms with Crippen LogP contribution in [0.5, 0.6) is 0 Å². The van der Waals surface area contributed by atoms with Gasteiger partial charge in [0.25, 0.3) is 0 Å². The molecule has 2 heterocycles. The quantitative estimate of drug-likeness (QED) is 0.327. The van der Waals surface area contributed by atoms with Gasteiger partial charge in [-0.3, -0.25) is 9.79 Å². The summed E-state index contributed by atoms with van der Waals surface area (Å²) < 4.78 is 5.92. The van der Waals surface area contributed by atoms with E-state index in [1.165, 1.54) is 32.1 Å². The molecule has 0 bridgehead atoms. The van der Waals surface area contributed by atoms with Crippen LogP contribution in [0, 0.1) is 34.5 Å². The van der Waals surface area contributed by atoms with Crippen LogP contribution < -0.4 is 22.1 Å². The Hall–Kier alpha value is -1.79. The minimum Gasteiger partial charge on any atom is -0.374 e. The summed E-state index contributed by atoms with van der Waals surface area (Å²) in [6, 6.07) is 1.85. The van der Waals surface area contributed by atoms with Gasteiger partial charge in [-0.15, -0.1) is 0 Å². The molecule has 1 spiro atoms. The SMILES string of the molecule is CCC[C@@H](CC)C1=CN=CC(NC(=O)C(C(N)N)C2CC3(CCCCC3)CC[C@H](CC#N)CN2)C1OC. The molecule has 0 radical (unpaired) electrons. The van der Waals surface area contributed by atoms with Gasteiger partial charge in [-0.05, 0) is 74.3 Å². The Morgan fingerprint density at radius 1 is 1.30 bits per heavy atom. The number of nitrogens with two attached hydrogens (primary N) is 2. The highest BCUT2D eigenvalue weighted by Gasteiger charge is 2.43. The third-order valence-electron chi connectivity index (χ3n) is 9.14. The molecule has 208 valence electrons. The lowest BCUT2D eigenvalue weighted by molar-refractivity contribution is -0.128. The van der Waals surface area contributed by atoms with Crippen LogP contribution in [0.2, 0.25) is 0 Å². The highest BCUT2D eigenvalue weighted by Crippen LogP contribution is 2.46. The van der Waals surface area contributed by atoms with E-state index in [0.717, 1.165) is 44.1 Å². The van der Waals surface area contributed by atoms with Crippen LogP contribution in [0.15, 0.2) is 16.8 Å². The van der Waals surface area contributed by atoms with Crippen LogP contribution in [0.3, 0.4) is 0 Å². The lowest BCUT2D eigenvalue weighted by atomic mass is 9.64. The van der Waals surface area contributed by atoms with Crippen LogP contribution in [0.4, 0.5) is 0 Å². The minimum atomic E-state index is -0.799. The van der Waals surface area contributed by atoms with E-state index in [1.54, 1.807) is 13.3 Å². The highest BCUT2D eigenvalue weighted by molar-refractivity contribution is 5.84. The summed E-state index contributed by atoms with van der Waals surface area (Å²) in [4.78, 5) is 18.4. The average Bonchev–Trinajstić information content (AvgIpc) is 2.88. The zero-order valence-corrected chi connectivity index (χ0v) is 23.3. The number of carbonyl (C=O) groups excluding carboxylic acids is 1. The van der Waals surface area contributed by atoms with Crippen molar-refractivity contribution in [2.24, 2.45) is 39.6 Å². The molecule has 1 amide bonds. The second-order valence-electron chi connectivity index (χ2n) is 11.7. The fourth-order valence-corrected chi connectivity index (χ4v) is 7.04. The second-order valence-corrected chi connectivity index (χ2v) is 11.7. The minimum absolute atomic E-state index is 0.139. The van der Waals surface area contributed by atoms with Crippen molar-refractivity contribution in [2.75, 3.05) is 13.7 Å². The molecule has 3 rings (SSSR count). The smallest absolute Gasteiger partial charge is 0.228 e. The topological polar surface area (TPSA) is 139 Å². The fraction of sp³-hybridized carbons (Fsp3) is 0.828. The summed E-state index contributed by atoms with van der Waals surface area (Å²) in [5.74, 6) is -0.0866. The van der Waals surface area contributed by atoms with Crippen molar-refractivity contribution in [1.29, 1.82) is 5.26 Å². The standard InChI is InChI=1S/C29H50N6O2/c1-4-9-21(5-2)22-18-33-19-24(26(22)37-3)35-28(36)25(27(31)32)23-16-29(12-7-6-8-13-29)14-10-20(11-15-30)17-34-23/h18-21,23-27,34H,4-14,16-17,31-32H2,1-3H3,(H,35,36)/t20-,21-,23?,24?,25?,26?/m1/s1. The predicted octanol–water partition coefficient (Wildman–Crippen LogP) is 3.76. The maximum absolute atomic E-state index is 13.9. The number of carbonyl (C=O) groups is 1. The summed E-state index contributed by atoms with van der Waals surface area (Å²) in [5, 5.41) is 16.2. The first kappa shape index (κ1) is 29.8. The van der Waals surface area contributed by atoms with E-state index in [4.69, 9.17) is 16.2 Å². The number of ether oxygens (including phenoxy) is 1. The third kappa shape index (κ3) is 7.63. The van der Waals surface area contributed by atoms with Crippen molar-refractivity contribution in [3.63, 3.8) is 0 Å². The Kier molecular flexibility index (Phi) is 11.6. The predicted molar refractivity (Wildman–Crippen MR) is 149 cm³/mol. The average molecular weight is 515 g/mol. The van der Waals surface area contributed by atoms with Crippen molar-refractivity contribution in [3.8, 4) is 6.07 Å². The molecule has 1 aliphatic carbocycles. The fourth-order valence-electron chi connectivity index (χ4n) is 7.04. The van der Waals surface area contributed by atoms with E-state index in [2.05, 4.69) is 35.5 Å². The maximum Gasteiger partial charge on any atom is 0.228 e. The second kappa shape index (κ2) is 14.4. The molecule has 1 saturated carbocycles. The Bertz CT molecular complexity index is 829. The molecule has 0 aromatic carbocycles. The zero-order valence-electron chi connectivity index (χ0n) is 23.3. The first-order valence-corrected chi connectivity index (χ1v) is 14.6. The number of methoxy groups -OCH3 is 1. The summed E-state index contributed by atoms with van der Waals surface area (Å²) in [5.41, 5.74) is 14.0. The first-order chi connectivity index (χ1) is 17.9. The molecule has 2 fully saturated rings. The Labute approximate surface area is 224 Å². The molecule has 3 aliphatic rings. The van der Waals surface area contributed by atoms with Crippen molar-refractivity contribution in [3.05, 3.63) is 11.8 Å². The van der Waals surface area contributed by atoms with E-state index in [-0.39, 0.29) is 35.4 Å². The van der Waals surface area contributed by atoms with Gasteiger partial charge in [0.2, 0.25) is 5.91 Å². The van der Waals surface area contributed by atoms with E-state index >= 15 is 0 Å². The monoisotopic (exact) mass is 514 g/mol. The van der Waals surface area contributed by atoms with Crippen LogP contribution in [-0.4, -0.2) is 50.1 Å². The van der Waals surface area contributed by atoms with Gasteiger partial charge >= 0.3 is 0 Å². The number of amides is 1. The van der Waals surface area contributed by atoms with Crippen molar-refractivity contribution < 1.29 is 9.53 Å². The van der Waals surface area contributed by atoms with Crippen LogP contribution in [-0.2, 0) is 9.53 Å². The molecule has 0 aromatic rings. The van der Waals surface area contributed by atoms with Crippen LogP contribution in [0.25, 0.3) is 0 Å². The molecule has 37 heavy (non-hydrogen) atoms. The first-order valence-electron chi connectivity index (χ1n) is 14.6. The van der Waals surface area contributed by atoms with Crippen LogP contribution in [0.1, 0.15) is 90.9 Å². The lowest BCUT2D eigenvalue weighted by Crippen LogP contribution is -2.61. The van der Waals surface area contributed by atoms with E-state index in [9.17, 15) is 10.1 Å². The number of hydrogen-bond acceptors (Lipinski definition) is 7. The van der Waals surface area contributed by atoms with Crippen molar-refractivity contribution in [2.45, 2.75) is 115 Å². The summed E-state index contributed by atoms with van der Waals surface area (Å²) >= 11 is 0. The van der Waals surface area contributed by atoms with Gasteiger partial charge in [0.05, 0.1) is 24.2 Å². The van der Waals surface area contributed by atoms with Gasteiger partial charge in [0.15, 0.2) is 0 Å². The molecule has 6 N–H and O–H groups in total. The summed E-state index contributed by atoms with van der Waals surface area (Å²) in [7, 11) is 1.69. The van der Waals surface area contributed by atoms with E-state index in [1.807, 2.05) is 6.20 Å². The number of rotatable bonds is 10. The molecule has 0 aromatic heterocycles. The lowest BCUT2D eigenvalue weighted by Gasteiger charge is -2.45. The van der Waals surface area contributed by atoms with Gasteiger partial charge in [-0.25, -0.2) is 0 Å². The van der Waals surface area contributed by atoms with Crippen molar-refractivity contribution in [1.82, 2.24) is 10.6 Å². The molecule has 8 heteroatoms.